The lowest BCUT2D eigenvalue weighted by molar-refractivity contribution is 0.564. The van der Waals surface area contributed by atoms with Gasteiger partial charge in [0.15, 0.2) is 5.82 Å². The highest BCUT2D eigenvalue weighted by molar-refractivity contribution is 5.33. The number of rotatable bonds is 2. The largest absolute Gasteiger partial charge is 0.326 e. The number of hydrogen-bond acceptors (Lipinski definition) is 3. The molecule has 2 aromatic rings. The Morgan fingerprint density at radius 2 is 2.00 bits per heavy atom. The lowest BCUT2D eigenvalue weighted by Gasteiger charge is -2.19. The van der Waals surface area contributed by atoms with E-state index in [1.807, 2.05) is 25.4 Å². The van der Waals surface area contributed by atoms with E-state index < -0.39 is 0 Å². The second-order valence-corrected chi connectivity index (χ2v) is 5.64. The molecule has 4 heteroatoms. The summed E-state index contributed by atoms with van der Waals surface area (Å²) in [7, 11) is 0. The molecular formula is C14H20N4. The van der Waals surface area contributed by atoms with Crippen LogP contribution in [0.4, 0.5) is 0 Å². The van der Waals surface area contributed by atoms with Crippen LogP contribution in [0.15, 0.2) is 24.5 Å². The van der Waals surface area contributed by atoms with Crippen LogP contribution in [0.1, 0.15) is 37.6 Å². The van der Waals surface area contributed by atoms with Crippen LogP contribution in [0.5, 0.6) is 0 Å². The normalized spacial score (nSPS) is 11.8. The molecule has 0 saturated carbocycles. The number of hydrogen-bond donors (Lipinski definition) is 1. The van der Waals surface area contributed by atoms with E-state index in [1.54, 1.807) is 4.68 Å². The average Bonchev–Trinajstić information content (AvgIpc) is 2.74. The van der Waals surface area contributed by atoms with Crippen LogP contribution >= 0.6 is 0 Å². The molecule has 0 aliphatic heterocycles. The quantitative estimate of drug-likeness (QED) is 0.882. The highest BCUT2D eigenvalue weighted by Gasteiger charge is 2.17. The van der Waals surface area contributed by atoms with Crippen LogP contribution in [0.2, 0.25) is 0 Å². The van der Waals surface area contributed by atoms with Crippen LogP contribution < -0.4 is 5.73 Å². The molecule has 0 bridgehead atoms. The van der Waals surface area contributed by atoms with Gasteiger partial charge in [0, 0.05) is 23.9 Å². The van der Waals surface area contributed by atoms with Crippen molar-refractivity contribution in [2.24, 2.45) is 5.73 Å². The molecule has 0 saturated heterocycles. The fraction of sp³-hybridized carbons (Fsp3) is 0.429. The van der Waals surface area contributed by atoms with Gasteiger partial charge in [0.05, 0.1) is 6.20 Å². The Morgan fingerprint density at radius 3 is 2.50 bits per heavy atom. The maximum absolute atomic E-state index is 5.76. The van der Waals surface area contributed by atoms with Gasteiger partial charge in [0.1, 0.15) is 0 Å². The van der Waals surface area contributed by atoms with Gasteiger partial charge in [0.2, 0.25) is 0 Å². The maximum atomic E-state index is 5.76. The summed E-state index contributed by atoms with van der Waals surface area (Å²) >= 11 is 0. The first-order chi connectivity index (χ1) is 8.40. The van der Waals surface area contributed by atoms with E-state index in [0.29, 0.717) is 6.54 Å². The molecule has 2 rings (SSSR count). The molecule has 0 aliphatic carbocycles. The number of aryl methyl sites for hydroxylation is 1. The summed E-state index contributed by atoms with van der Waals surface area (Å²) in [4.78, 5) is 4.68. The Balaban J connectivity index is 2.54. The minimum atomic E-state index is 0.00211. The summed E-state index contributed by atoms with van der Waals surface area (Å²) in [6.07, 6.45) is 3.79. The van der Waals surface area contributed by atoms with Crippen molar-refractivity contribution in [1.82, 2.24) is 14.8 Å². The highest BCUT2D eigenvalue weighted by Crippen LogP contribution is 2.22. The van der Waals surface area contributed by atoms with E-state index in [0.717, 1.165) is 22.6 Å². The van der Waals surface area contributed by atoms with Crippen LogP contribution in [0.25, 0.3) is 5.82 Å². The monoisotopic (exact) mass is 244 g/mol. The van der Waals surface area contributed by atoms with Crippen molar-refractivity contribution < 1.29 is 0 Å². The molecule has 0 atom stereocenters. The van der Waals surface area contributed by atoms with Gasteiger partial charge in [-0.05, 0) is 30.2 Å². The molecule has 4 nitrogen and oxygen atoms in total. The van der Waals surface area contributed by atoms with E-state index in [1.165, 1.54) is 0 Å². The second kappa shape index (κ2) is 4.53. The van der Waals surface area contributed by atoms with Gasteiger partial charge in [-0.25, -0.2) is 9.67 Å². The molecule has 0 unspecified atom stereocenters. The minimum Gasteiger partial charge on any atom is -0.326 e. The van der Waals surface area contributed by atoms with Gasteiger partial charge >= 0.3 is 0 Å². The Hall–Kier alpha value is -1.68. The molecule has 0 spiro atoms. The third-order valence-electron chi connectivity index (χ3n) is 2.82. The number of pyridine rings is 1. The summed E-state index contributed by atoms with van der Waals surface area (Å²) < 4.78 is 1.80. The fourth-order valence-electron chi connectivity index (χ4n) is 1.73. The van der Waals surface area contributed by atoms with Crippen molar-refractivity contribution >= 4 is 0 Å². The summed E-state index contributed by atoms with van der Waals surface area (Å²) in [5.74, 6) is 0.830. The summed E-state index contributed by atoms with van der Waals surface area (Å²) in [6, 6.07) is 4.06. The van der Waals surface area contributed by atoms with E-state index in [9.17, 15) is 0 Å². The molecule has 0 amide bonds. The van der Waals surface area contributed by atoms with Crippen molar-refractivity contribution in [1.29, 1.82) is 0 Å². The zero-order chi connectivity index (χ0) is 13.3. The molecule has 0 radical (unpaired) electrons. The third-order valence-corrected chi connectivity index (χ3v) is 2.82. The van der Waals surface area contributed by atoms with Crippen molar-refractivity contribution in [3.8, 4) is 5.82 Å². The van der Waals surface area contributed by atoms with Gasteiger partial charge in [-0.15, -0.1) is 0 Å². The van der Waals surface area contributed by atoms with Gasteiger partial charge < -0.3 is 5.73 Å². The lowest BCUT2D eigenvalue weighted by Crippen LogP contribution is -2.16. The zero-order valence-corrected chi connectivity index (χ0v) is 11.4. The molecule has 0 aliphatic rings. The first-order valence-corrected chi connectivity index (χ1v) is 6.13. The Bertz CT molecular complexity index is 549. The Morgan fingerprint density at radius 1 is 1.28 bits per heavy atom. The predicted octanol–water partition coefficient (Wildman–Crippen LogP) is 2.33. The smallest absolute Gasteiger partial charge is 0.153 e. The number of nitrogens with two attached hydrogens (primary N) is 1. The first-order valence-electron chi connectivity index (χ1n) is 6.13. The number of nitrogens with zero attached hydrogens (tertiary/aromatic N) is 3. The molecule has 96 valence electrons. The SMILES string of the molecule is Cc1cnn(-c2cc(CN)cc(C(C)(C)C)n2)c1. The van der Waals surface area contributed by atoms with Crippen molar-refractivity contribution in [3.05, 3.63) is 41.3 Å². The standard InChI is InChI=1S/C14H20N4/c1-10-8-16-18(9-10)13-6-11(7-15)5-12(17-13)14(2,3)4/h5-6,8-9H,7,15H2,1-4H3. The molecule has 2 aromatic heterocycles. The Kier molecular flexibility index (Phi) is 3.22. The summed E-state index contributed by atoms with van der Waals surface area (Å²) in [5.41, 5.74) is 8.99. The van der Waals surface area contributed by atoms with E-state index in [2.05, 4.69) is 36.9 Å². The van der Waals surface area contributed by atoms with Crippen molar-refractivity contribution in [2.75, 3.05) is 0 Å². The second-order valence-electron chi connectivity index (χ2n) is 5.64. The third kappa shape index (κ3) is 2.59. The summed E-state index contributed by atoms with van der Waals surface area (Å²) in [6.45, 7) is 8.97. The van der Waals surface area contributed by atoms with Crippen LogP contribution in [0, 0.1) is 6.92 Å². The molecule has 0 fully saturated rings. The first kappa shape index (κ1) is 12.8. The molecule has 2 N–H and O–H groups in total. The van der Waals surface area contributed by atoms with E-state index in [-0.39, 0.29) is 5.41 Å². The van der Waals surface area contributed by atoms with Crippen molar-refractivity contribution in [3.63, 3.8) is 0 Å². The minimum absolute atomic E-state index is 0.00211. The van der Waals surface area contributed by atoms with Gasteiger partial charge in [0.25, 0.3) is 0 Å². The molecule has 0 aromatic carbocycles. The van der Waals surface area contributed by atoms with Crippen LogP contribution in [-0.2, 0) is 12.0 Å². The molecule has 2 heterocycles. The van der Waals surface area contributed by atoms with Gasteiger partial charge in [-0.2, -0.15) is 5.10 Å². The average molecular weight is 244 g/mol. The van der Waals surface area contributed by atoms with E-state index in [4.69, 9.17) is 5.73 Å². The molecular weight excluding hydrogens is 224 g/mol. The topological polar surface area (TPSA) is 56.7 Å². The number of aromatic nitrogens is 3. The van der Waals surface area contributed by atoms with Gasteiger partial charge in [-0.1, -0.05) is 20.8 Å². The lowest BCUT2D eigenvalue weighted by atomic mass is 9.91. The maximum Gasteiger partial charge on any atom is 0.153 e. The Labute approximate surface area is 108 Å². The zero-order valence-electron chi connectivity index (χ0n) is 11.4. The molecule has 18 heavy (non-hydrogen) atoms. The van der Waals surface area contributed by atoms with Crippen LogP contribution in [-0.4, -0.2) is 14.8 Å². The fourth-order valence-corrected chi connectivity index (χ4v) is 1.73. The van der Waals surface area contributed by atoms with Crippen LogP contribution in [0.3, 0.4) is 0 Å². The van der Waals surface area contributed by atoms with Gasteiger partial charge in [-0.3, -0.25) is 0 Å². The van der Waals surface area contributed by atoms with Crippen molar-refractivity contribution in [2.45, 2.75) is 39.7 Å². The predicted molar refractivity (Wildman–Crippen MR) is 72.7 cm³/mol. The summed E-state index contributed by atoms with van der Waals surface area (Å²) in [5, 5.41) is 4.30. The van der Waals surface area contributed by atoms with E-state index >= 15 is 0 Å². The highest BCUT2D eigenvalue weighted by atomic mass is 15.3.